The van der Waals surface area contributed by atoms with Crippen LogP contribution in [0.25, 0.3) is 21.6 Å². The van der Waals surface area contributed by atoms with Gasteiger partial charge < -0.3 is 64.3 Å². The van der Waals surface area contributed by atoms with Crippen molar-refractivity contribution in [3.05, 3.63) is 136 Å². The lowest BCUT2D eigenvalue weighted by molar-refractivity contribution is -0.144. The van der Waals surface area contributed by atoms with Gasteiger partial charge in [-0.15, -0.1) is 11.3 Å². The molecule has 1 aliphatic carbocycles. The van der Waals surface area contributed by atoms with Gasteiger partial charge in [-0.05, 0) is 116 Å². The number of carbonyl (C=O) groups is 4. The fourth-order valence-electron chi connectivity index (χ4n) is 11.2. The maximum Gasteiger partial charge on any atom is 0.322 e. The SMILES string of the molecule is Cc1ncsc1-c1ccc(CNC(=O)[C@@H]2C[C@@H](O)CN2C(=O)[C@@H](NC(=O)COCCCCOCCOCCOCCOCCOCCCCn2cc(CNC(=O)N(c3ccc(-c4ccc(=O)n(C)c4)cc3)[C@H]3CC[C@H](Nc4ccc(C#N)cn4)CC3)cn2)C(C)(C)C)cc1. The minimum absolute atomic E-state index is 0.0115. The summed E-state index contributed by atoms with van der Waals surface area (Å²) in [6.07, 6.45) is 12.7. The summed E-state index contributed by atoms with van der Waals surface area (Å²) in [5.74, 6) is -0.520. The molecule has 3 atom stereocenters. The number of aliphatic hydroxyl groups is 1. The number of rotatable bonds is 37. The Balaban J connectivity index is 0.604. The van der Waals surface area contributed by atoms with Crippen LogP contribution in [0, 0.1) is 23.7 Å². The third-order valence-corrected chi connectivity index (χ3v) is 17.4. The summed E-state index contributed by atoms with van der Waals surface area (Å²) in [4.78, 5) is 79.7. The molecule has 506 valence electrons. The second kappa shape index (κ2) is 37.2. The van der Waals surface area contributed by atoms with Crippen LogP contribution >= 0.6 is 11.3 Å². The van der Waals surface area contributed by atoms with Gasteiger partial charge in [0.15, 0.2) is 0 Å². The standard InChI is InChI=1S/C69H92N12O12S/c1-49-64(94-48-74-49)54-13-10-50(11-14-54)40-72-66(85)60-38-59(82)46-80(60)67(86)65(69(2,3)4)77-62(83)47-93-29-9-8-28-89-31-33-91-35-37-92-36-34-90-32-30-88-27-7-6-26-79-44-52(43-75-79)42-73-68(87)81(57-20-15-53(16-21-57)55-17-25-63(84)78(5)45-55)58-22-18-56(19-23-58)76-61-24-12-51(39-70)41-71-61/h10-17,20-21,24-25,41,43-45,48,56,58-60,65,82H,6-9,18-19,22-23,26-38,40,42,46-47H2,1-5H3,(H,71,76)(H,72,85)(H,73,87)(H,77,83)/t56-,58-,59-,60+,65-/m1/s1. The Morgan fingerprint density at radius 2 is 1.34 bits per heavy atom. The number of thiazole rings is 1. The van der Waals surface area contributed by atoms with Gasteiger partial charge in [0, 0.05) is 107 Å². The third kappa shape index (κ3) is 22.6. The fraction of sp³-hybridized carbons (Fsp3) is 0.522. The van der Waals surface area contributed by atoms with Crippen LogP contribution in [0.3, 0.4) is 0 Å². The molecule has 5 N–H and O–H groups in total. The van der Waals surface area contributed by atoms with E-state index in [4.69, 9.17) is 33.7 Å². The molecule has 1 saturated carbocycles. The normalized spacial score (nSPS) is 16.7. The molecule has 0 radical (unpaired) electrons. The number of unbranched alkanes of at least 4 members (excludes halogenated alkanes) is 2. The predicted molar refractivity (Wildman–Crippen MR) is 358 cm³/mol. The molecule has 1 aliphatic heterocycles. The summed E-state index contributed by atoms with van der Waals surface area (Å²) in [6.45, 7) is 13.6. The number of β-amino-alcohol motifs (C(OH)–C–C–N with tert-alkyl or cyclic N) is 1. The van der Waals surface area contributed by atoms with Crippen molar-refractivity contribution in [2.24, 2.45) is 12.5 Å². The molecule has 0 unspecified atom stereocenters. The van der Waals surface area contributed by atoms with E-state index in [1.54, 1.807) is 59.7 Å². The largest absolute Gasteiger partial charge is 0.391 e. The summed E-state index contributed by atoms with van der Waals surface area (Å²) >= 11 is 1.57. The molecule has 0 spiro atoms. The molecule has 1 saturated heterocycles. The van der Waals surface area contributed by atoms with E-state index in [1.807, 2.05) is 104 Å². The minimum Gasteiger partial charge on any atom is -0.391 e. The van der Waals surface area contributed by atoms with Gasteiger partial charge >= 0.3 is 6.03 Å². The van der Waals surface area contributed by atoms with Crippen LogP contribution in [-0.2, 0) is 69.5 Å². The number of nitrogens with zero attached hydrogens (tertiary/aromatic N) is 8. The van der Waals surface area contributed by atoms with E-state index in [2.05, 4.69) is 42.4 Å². The van der Waals surface area contributed by atoms with Gasteiger partial charge in [0.2, 0.25) is 23.3 Å². The summed E-state index contributed by atoms with van der Waals surface area (Å²) in [5.41, 5.74) is 7.99. The first kappa shape index (κ1) is 71.9. The van der Waals surface area contributed by atoms with Crippen LogP contribution in [0.2, 0.25) is 0 Å². The zero-order chi connectivity index (χ0) is 66.7. The Hall–Kier alpha value is -7.93. The first-order chi connectivity index (χ1) is 45.5. The van der Waals surface area contributed by atoms with E-state index >= 15 is 0 Å². The number of aromatic nitrogens is 5. The number of aliphatic hydroxyl groups excluding tert-OH is 1. The van der Waals surface area contributed by atoms with E-state index in [-0.39, 0.29) is 55.7 Å². The number of nitrogens with one attached hydrogen (secondary N) is 4. The highest BCUT2D eigenvalue weighted by Crippen LogP contribution is 2.32. The van der Waals surface area contributed by atoms with Gasteiger partial charge in [-0.1, -0.05) is 57.2 Å². The molecule has 25 heteroatoms. The van der Waals surface area contributed by atoms with E-state index in [9.17, 15) is 29.1 Å². The monoisotopic (exact) mass is 1310 g/mol. The van der Waals surface area contributed by atoms with Crippen LogP contribution < -0.4 is 31.7 Å². The molecule has 5 heterocycles. The second-order valence-electron chi connectivity index (χ2n) is 24.7. The van der Waals surface area contributed by atoms with Gasteiger partial charge in [-0.25, -0.2) is 14.8 Å². The van der Waals surface area contributed by atoms with Crippen LogP contribution in [0.15, 0.2) is 108 Å². The number of carbonyl (C=O) groups excluding carboxylic acids is 4. The molecule has 4 aromatic heterocycles. The number of pyridine rings is 2. The fourth-order valence-corrected chi connectivity index (χ4v) is 12.0. The van der Waals surface area contributed by atoms with E-state index < -0.39 is 35.4 Å². The van der Waals surface area contributed by atoms with E-state index in [1.165, 1.54) is 4.90 Å². The van der Waals surface area contributed by atoms with Crippen molar-refractivity contribution in [3.8, 4) is 27.6 Å². The summed E-state index contributed by atoms with van der Waals surface area (Å²) in [7, 11) is 1.73. The van der Waals surface area contributed by atoms with Crippen LogP contribution in [0.5, 0.6) is 0 Å². The summed E-state index contributed by atoms with van der Waals surface area (Å²) in [6, 6.07) is 22.9. The van der Waals surface area contributed by atoms with Crippen LogP contribution in [0.1, 0.15) is 101 Å². The molecule has 0 bridgehead atoms. The Kier molecular flexibility index (Phi) is 28.5. The van der Waals surface area contributed by atoms with Gasteiger partial charge in [-0.3, -0.25) is 28.8 Å². The molecule has 5 amide bonds. The van der Waals surface area contributed by atoms with Gasteiger partial charge in [0.05, 0.1) is 86.8 Å². The molecule has 8 rings (SSSR count). The van der Waals surface area contributed by atoms with Crippen molar-refractivity contribution in [1.29, 1.82) is 5.26 Å². The van der Waals surface area contributed by atoms with E-state index in [0.717, 1.165) is 94.8 Å². The molecular formula is C69H92N12O12S. The molecule has 2 fully saturated rings. The highest BCUT2D eigenvalue weighted by molar-refractivity contribution is 7.13. The van der Waals surface area contributed by atoms with Gasteiger partial charge in [-0.2, -0.15) is 10.4 Å². The number of ether oxygens (including phenoxy) is 6. The quantitative estimate of drug-likeness (QED) is 0.0235. The number of nitriles is 1. The van der Waals surface area contributed by atoms with Crippen molar-refractivity contribution >= 4 is 46.6 Å². The van der Waals surface area contributed by atoms with Crippen molar-refractivity contribution < 1.29 is 52.7 Å². The van der Waals surface area contributed by atoms with Crippen molar-refractivity contribution in [2.45, 2.75) is 135 Å². The Bertz CT molecular complexity index is 3410. The smallest absolute Gasteiger partial charge is 0.322 e. The number of amides is 5. The molecule has 6 aromatic rings. The first-order valence-electron chi connectivity index (χ1n) is 32.5. The number of hydrogen-bond acceptors (Lipinski definition) is 18. The lowest BCUT2D eigenvalue weighted by Gasteiger charge is -2.37. The maximum atomic E-state index is 14.1. The summed E-state index contributed by atoms with van der Waals surface area (Å²) < 4.78 is 37.4. The van der Waals surface area contributed by atoms with Crippen LogP contribution in [0.4, 0.5) is 16.3 Å². The zero-order valence-electron chi connectivity index (χ0n) is 54.8. The Morgan fingerprint density at radius 3 is 1.95 bits per heavy atom. The average molecular weight is 1310 g/mol. The molecule has 24 nitrogen and oxygen atoms in total. The zero-order valence-corrected chi connectivity index (χ0v) is 55.6. The molecule has 2 aliphatic rings. The van der Waals surface area contributed by atoms with Crippen molar-refractivity contribution in [2.75, 3.05) is 96.0 Å². The predicted octanol–water partition coefficient (Wildman–Crippen LogP) is 7.56. The maximum absolute atomic E-state index is 14.1. The first-order valence-corrected chi connectivity index (χ1v) is 33.4. The number of aryl methyl sites for hydroxylation is 3. The number of anilines is 2. The summed E-state index contributed by atoms with van der Waals surface area (Å²) in [5, 5.41) is 36.7. The van der Waals surface area contributed by atoms with E-state index in [0.29, 0.717) is 97.7 Å². The topological polar surface area (TPSA) is 288 Å². The minimum atomic E-state index is -0.950. The molecule has 2 aromatic carbocycles. The number of benzene rings is 2. The van der Waals surface area contributed by atoms with Gasteiger partial charge in [0.25, 0.3) is 0 Å². The molecular weight excluding hydrogens is 1220 g/mol. The second-order valence-corrected chi connectivity index (χ2v) is 25.6. The third-order valence-electron chi connectivity index (χ3n) is 16.4. The van der Waals surface area contributed by atoms with Crippen molar-refractivity contribution in [1.82, 2.24) is 45.2 Å². The van der Waals surface area contributed by atoms with Crippen molar-refractivity contribution in [3.63, 3.8) is 0 Å². The molecule has 94 heavy (non-hydrogen) atoms. The van der Waals surface area contributed by atoms with Gasteiger partial charge in [0.1, 0.15) is 30.6 Å². The highest BCUT2D eigenvalue weighted by Gasteiger charge is 2.44. The number of likely N-dealkylation sites (tertiary alicyclic amines) is 1. The highest BCUT2D eigenvalue weighted by atomic mass is 32.1. The Labute approximate surface area is 554 Å². The average Bonchev–Trinajstić information content (AvgIpc) is 1.47. The Morgan fingerprint density at radius 1 is 0.723 bits per heavy atom. The van der Waals surface area contributed by atoms with Crippen LogP contribution in [-0.4, -0.2) is 174 Å². The number of hydrogen-bond donors (Lipinski definition) is 5. The number of urea groups is 1. The lowest BCUT2D eigenvalue weighted by atomic mass is 9.85. The lowest BCUT2D eigenvalue weighted by Crippen LogP contribution is -2.58.